The van der Waals surface area contributed by atoms with E-state index in [0.717, 1.165) is 6.07 Å². The van der Waals surface area contributed by atoms with Crippen molar-refractivity contribution >= 4 is 21.4 Å². The number of nitro groups is 1. The van der Waals surface area contributed by atoms with Crippen LogP contribution in [-0.2, 0) is 16.6 Å². The van der Waals surface area contributed by atoms with Gasteiger partial charge in [-0.1, -0.05) is 18.2 Å². The highest BCUT2D eigenvalue weighted by Gasteiger charge is 2.26. The lowest BCUT2D eigenvalue weighted by Crippen LogP contribution is -2.40. The molecule has 0 bridgehead atoms. The van der Waals surface area contributed by atoms with Gasteiger partial charge in [-0.3, -0.25) is 10.1 Å². The molecule has 2 rings (SSSR count). The Kier molecular flexibility index (Phi) is 5.86. The molecule has 9 heteroatoms. The first-order chi connectivity index (χ1) is 12.4. The molecule has 2 aromatic rings. The summed E-state index contributed by atoms with van der Waals surface area (Å²) in [7, 11) is -2.34. The molecule has 0 spiro atoms. The number of halogens is 1. The molecule has 0 atom stereocenters. The monoisotopic (exact) mass is 395 g/mol. The van der Waals surface area contributed by atoms with E-state index in [4.69, 9.17) is 0 Å². The fourth-order valence-electron chi connectivity index (χ4n) is 2.57. The van der Waals surface area contributed by atoms with Gasteiger partial charge >= 0.3 is 0 Å². The first kappa shape index (κ1) is 20.8. The number of benzene rings is 2. The summed E-state index contributed by atoms with van der Waals surface area (Å²) in [5.41, 5.74) is -0.530. The number of anilines is 1. The van der Waals surface area contributed by atoms with Crippen molar-refractivity contribution in [2.75, 3.05) is 11.9 Å². The molecule has 0 aliphatic rings. The second kappa shape index (κ2) is 7.61. The Hall–Kier alpha value is -2.52. The predicted molar refractivity (Wildman–Crippen MR) is 102 cm³/mol. The van der Waals surface area contributed by atoms with Crippen LogP contribution >= 0.6 is 0 Å². The lowest BCUT2D eigenvalue weighted by molar-refractivity contribution is -0.384. The molecule has 0 aromatic heterocycles. The van der Waals surface area contributed by atoms with Crippen molar-refractivity contribution in [1.82, 2.24) is 4.72 Å². The summed E-state index contributed by atoms with van der Waals surface area (Å²) >= 11 is 0. The maximum Gasteiger partial charge on any atom is 0.293 e. The molecule has 0 fully saturated rings. The van der Waals surface area contributed by atoms with Gasteiger partial charge in [0.15, 0.2) is 0 Å². The summed E-state index contributed by atoms with van der Waals surface area (Å²) in [6.07, 6.45) is 0. The number of nitrogens with one attached hydrogen (secondary N) is 1. The molecule has 0 aliphatic carbocycles. The SMILES string of the molecule is CN(Cc1ccccc1F)c1ccc(S(=O)(=O)NC(C)(C)C)cc1[N+](=O)[O-]. The maximum absolute atomic E-state index is 13.9. The average Bonchev–Trinajstić information content (AvgIpc) is 2.54. The van der Waals surface area contributed by atoms with Crippen molar-refractivity contribution in [1.29, 1.82) is 0 Å². The Morgan fingerprint density at radius 1 is 1.19 bits per heavy atom. The minimum Gasteiger partial charge on any atom is -0.365 e. The fraction of sp³-hybridized carbons (Fsp3) is 0.333. The standard InChI is InChI=1S/C18H22FN3O4S/c1-18(2,3)20-27(25,26)14-9-10-16(17(11-14)22(23)24)21(4)12-13-7-5-6-8-15(13)19/h5-11,20H,12H2,1-4H3. The van der Waals surface area contributed by atoms with E-state index in [-0.39, 0.29) is 22.8 Å². The van der Waals surface area contributed by atoms with E-state index in [9.17, 15) is 22.9 Å². The van der Waals surface area contributed by atoms with E-state index in [2.05, 4.69) is 4.72 Å². The zero-order chi connectivity index (χ0) is 20.4. The molecule has 0 unspecified atom stereocenters. The first-order valence-electron chi connectivity index (χ1n) is 8.18. The Labute approximate surface area is 158 Å². The normalized spacial score (nSPS) is 12.0. The van der Waals surface area contributed by atoms with Crippen LogP contribution < -0.4 is 9.62 Å². The van der Waals surface area contributed by atoms with Gasteiger partial charge in [0, 0.05) is 30.8 Å². The Balaban J connectivity index is 2.41. The minimum absolute atomic E-state index is 0.0971. The Bertz CT molecular complexity index is 955. The van der Waals surface area contributed by atoms with Crippen LogP contribution in [0.1, 0.15) is 26.3 Å². The van der Waals surface area contributed by atoms with Crippen molar-refractivity contribution in [3.63, 3.8) is 0 Å². The van der Waals surface area contributed by atoms with Gasteiger partial charge in [-0.25, -0.2) is 17.5 Å². The summed E-state index contributed by atoms with van der Waals surface area (Å²) in [6.45, 7) is 5.13. The van der Waals surface area contributed by atoms with E-state index >= 15 is 0 Å². The number of hydrogen-bond donors (Lipinski definition) is 1. The second-order valence-electron chi connectivity index (χ2n) is 7.21. The lowest BCUT2D eigenvalue weighted by Gasteiger charge is -2.22. The largest absolute Gasteiger partial charge is 0.365 e. The third-order valence-electron chi connectivity index (χ3n) is 3.67. The second-order valence-corrected chi connectivity index (χ2v) is 8.89. The topological polar surface area (TPSA) is 92.6 Å². The highest BCUT2D eigenvalue weighted by Crippen LogP contribution is 2.31. The smallest absolute Gasteiger partial charge is 0.293 e. The van der Waals surface area contributed by atoms with Gasteiger partial charge in [0.1, 0.15) is 11.5 Å². The number of hydrogen-bond acceptors (Lipinski definition) is 5. The van der Waals surface area contributed by atoms with Crippen LogP contribution in [0.25, 0.3) is 0 Å². The molecule has 0 amide bonds. The molecule has 0 radical (unpaired) electrons. The average molecular weight is 395 g/mol. The number of nitrogens with zero attached hydrogens (tertiary/aromatic N) is 2. The van der Waals surface area contributed by atoms with Crippen molar-refractivity contribution in [2.24, 2.45) is 0 Å². The van der Waals surface area contributed by atoms with Crippen LogP contribution in [0.3, 0.4) is 0 Å². The summed E-state index contributed by atoms with van der Waals surface area (Å²) in [5, 5.41) is 11.5. The summed E-state index contributed by atoms with van der Waals surface area (Å²) in [6, 6.07) is 9.80. The van der Waals surface area contributed by atoms with Crippen molar-refractivity contribution in [3.05, 3.63) is 64.0 Å². The lowest BCUT2D eigenvalue weighted by atomic mass is 10.1. The zero-order valence-corrected chi connectivity index (χ0v) is 16.4. The first-order valence-corrected chi connectivity index (χ1v) is 9.66. The van der Waals surface area contributed by atoms with Gasteiger partial charge in [-0.05, 0) is 39.0 Å². The Morgan fingerprint density at radius 2 is 1.81 bits per heavy atom. The van der Waals surface area contributed by atoms with Crippen molar-refractivity contribution in [3.8, 4) is 0 Å². The molecular weight excluding hydrogens is 373 g/mol. The molecule has 0 saturated carbocycles. The van der Waals surface area contributed by atoms with Gasteiger partial charge < -0.3 is 4.90 Å². The van der Waals surface area contributed by atoms with E-state index in [0.29, 0.717) is 5.56 Å². The quantitative estimate of drug-likeness (QED) is 0.597. The molecule has 1 N–H and O–H groups in total. The van der Waals surface area contributed by atoms with Gasteiger partial charge in [0.25, 0.3) is 5.69 Å². The van der Waals surface area contributed by atoms with Crippen LogP contribution in [0, 0.1) is 15.9 Å². The van der Waals surface area contributed by atoms with Crippen LogP contribution in [0.5, 0.6) is 0 Å². The van der Waals surface area contributed by atoms with Gasteiger partial charge in [0.2, 0.25) is 10.0 Å². The number of sulfonamides is 1. The summed E-state index contributed by atoms with van der Waals surface area (Å²) in [4.78, 5) is 12.2. The highest BCUT2D eigenvalue weighted by molar-refractivity contribution is 7.89. The maximum atomic E-state index is 13.9. The van der Waals surface area contributed by atoms with Crippen molar-refractivity contribution in [2.45, 2.75) is 37.8 Å². The number of rotatable bonds is 6. The third-order valence-corrected chi connectivity index (χ3v) is 5.43. The highest BCUT2D eigenvalue weighted by atomic mass is 32.2. The molecule has 7 nitrogen and oxygen atoms in total. The fourth-order valence-corrected chi connectivity index (χ4v) is 4.01. The zero-order valence-electron chi connectivity index (χ0n) is 15.6. The minimum atomic E-state index is -3.92. The van der Waals surface area contributed by atoms with Gasteiger partial charge in [-0.2, -0.15) is 0 Å². The molecular formula is C18H22FN3O4S. The van der Waals surface area contributed by atoms with Crippen LogP contribution in [0.2, 0.25) is 0 Å². The number of nitro benzene ring substituents is 1. The third kappa shape index (κ3) is 5.24. The van der Waals surface area contributed by atoms with E-state index < -0.39 is 26.3 Å². The Morgan fingerprint density at radius 3 is 2.37 bits per heavy atom. The van der Waals surface area contributed by atoms with Crippen LogP contribution in [0.15, 0.2) is 47.4 Å². The summed E-state index contributed by atoms with van der Waals surface area (Å²) < 4.78 is 41.2. The molecule has 2 aromatic carbocycles. The van der Waals surface area contributed by atoms with E-state index in [1.165, 1.54) is 23.1 Å². The molecule has 0 aliphatic heterocycles. The molecule has 0 heterocycles. The van der Waals surface area contributed by atoms with Crippen LogP contribution in [0.4, 0.5) is 15.8 Å². The van der Waals surface area contributed by atoms with Gasteiger partial charge in [-0.15, -0.1) is 0 Å². The molecule has 27 heavy (non-hydrogen) atoms. The van der Waals surface area contributed by atoms with Crippen LogP contribution in [-0.4, -0.2) is 25.9 Å². The van der Waals surface area contributed by atoms with Gasteiger partial charge in [0.05, 0.1) is 9.82 Å². The van der Waals surface area contributed by atoms with Crippen molar-refractivity contribution < 1.29 is 17.7 Å². The summed E-state index contributed by atoms with van der Waals surface area (Å²) in [5.74, 6) is -0.416. The van der Waals surface area contributed by atoms with E-state index in [1.54, 1.807) is 46.0 Å². The molecule has 0 saturated heterocycles. The molecule has 146 valence electrons. The van der Waals surface area contributed by atoms with E-state index in [1.807, 2.05) is 0 Å². The predicted octanol–water partition coefficient (Wildman–Crippen LogP) is 3.45.